The molecule has 0 heterocycles. The molecule has 0 fully saturated rings. The van der Waals surface area contributed by atoms with Crippen LogP contribution < -0.4 is 10.4 Å². The quantitative estimate of drug-likeness (QED) is 0.635. The molecule has 0 aromatic heterocycles. The van der Waals surface area contributed by atoms with Crippen LogP contribution in [0, 0.1) is 0 Å². The standard InChI is InChI=1S/C17H12/c1-2-7-16-12(4-1)8-9-15-10-13-5-3-6-14(13)11-17(15)16/h1-6,8-11H,7H2. The summed E-state index contributed by atoms with van der Waals surface area (Å²) in [5.41, 5.74) is 2.81. The minimum atomic E-state index is 1.05. The van der Waals surface area contributed by atoms with Gasteiger partial charge in [-0.3, -0.25) is 0 Å². The van der Waals surface area contributed by atoms with Crippen LogP contribution in [0.3, 0.4) is 0 Å². The number of allylic oxidation sites excluding steroid dienone is 3. The number of fused-ring (bicyclic) bond motifs is 4. The molecule has 2 aliphatic carbocycles. The van der Waals surface area contributed by atoms with Gasteiger partial charge in [0.1, 0.15) is 0 Å². The summed E-state index contributed by atoms with van der Waals surface area (Å²) in [5.74, 6) is 0. The summed E-state index contributed by atoms with van der Waals surface area (Å²) < 4.78 is 0. The number of rotatable bonds is 0. The first-order chi connectivity index (χ1) is 8.42. The Morgan fingerprint density at radius 3 is 2.82 bits per heavy atom. The van der Waals surface area contributed by atoms with Crippen molar-refractivity contribution in [3.8, 4) is 0 Å². The van der Waals surface area contributed by atoms with Crippen LogP contribution in [0.4, 0.5) is 0 Å². The van der Waals surface area contributed by atoms with E-state index in [0.29, 0.717) is 0 Å². The minimum Gasteiger partial charge on any atom is -0.0801 e. The van der Waals surface area contributed by atoms with Crippen LogP contribution in [0.2, 0.25) is 0 Å². The highest BCUT2D eigenvalue weighted by molar-refractivity contribution is 5.90. The molecular formula is C17H12. The first-order valence-electron chi connectivity index (χ1n) is 6.03. The van der Waals surface area contributed by atoms with Crippen molar-refractivity contribution < 1.29 is 0 Å². The zero-order chi connectivity index (χ0) is 11.2. The van der Waals surface area contributed by atoms with Gasteiger partial charge in [-0.1, -0.05) is 48.6 Å². The van der Waals surface area contributed by atoms with Crippen LogP contribution in [0.1, 0.15) is 11.1 Å². The Hall–Kier alpha value is -2.08. The van der Waals surface area contributed by atoms with Crippen LogP contribution in [0.15, 0.2) is 42.5 Å². The summed E-state index contributed by atoms with van der Waals surface area (Å²) in [6, 6.07) is 9.09. The molecule has 0 amide bonds. The van der Waals surface area contributed by atoms with Gasteiger partial charge in [0.25, 0.3) is 0 Å². The highest BCUT2D eigenvalue weighted by atomic mass is 14.1. The van der Waals surface area contributed by atoms with Gasteiger partial charge in [-0.15, -0.1) is 0 Å². The zero-order valence-corrected chi connectivity index (χ0v) is 9.48. The van der Waals surface area contributed by atoms with E-state index in [0.717, 1.165) is 6.42 Å². The van der Waals surface area contributed by atoms with E-state index in [1.54, 1.807) is 0 Å². The Morgan fingerprint density at radius 1 is 0.882 bits per heavy atom. The molecule has 0 saturated heterocycles. The van der Waals surface area contributed by atoms with Crippen molar-refractivity contribution in [2.45, 2.75) is 6.42 Å². The predicted octanol–water partition coefficient (Wildman–Crippen LogP) is 2.54. The maximum absolute atomic E-state index is 2.33. The second-order valence-corrected chi connectivity index (χ2v) is 4.66. The molecule has 0 bridgehead atoms. The van der Waals surface area contributed by atoms with Gasteiger partial charge < -0.3 is 0 Å². The van der Waals surface area contributed by atoms with Crippen molar-refractivity contribution in [3.05, 3.63) is 64.1 Å². The smallest absolute Gasteiger partial charge is 0.00822 e. The Balaban J connectivity index is 2.20. The molecule has 0 unspecified atom stereocenters. The molecule has 0 heteroatoms. The van der Waals surface area contributed by atoms with Crippen molar-refractivity contribution >= 4 is 29.0 Å². The normalized spacial score (nSPS) is 15.3. The Morgan fingerprint density at radius 2 is 1.82 bits per heavy atom. The number of hydrogen-bond donors (Lipinski definition) is 0. The Kier molecular flexibility index (Phi) is 1.70. The van der Waals surface area contributed by atoms with Crippen LogP contribution in [0.25, 0.3) is 29.0 Å². The third-order valence-corrected chi connectivity index (χ3v) is 3.66. The molecule has 17 heavy (non-hydrogen) atoms. The van der Waals surface area contributed by atoms with Crippen molar-refractivity contribution in [1.29, 1.82) is 0 Å². The highest BCUT2D eigenvalue weighted by Gasteiger charge is 2.06. The van der Waals surface area contributed by atoms with Gasteiger partial charge in [0.05, 0.1) is 0 Å². The molecule has 0 saturated carbocycles. The molecule has 0 radical (unpaired) electrons. The van der Waals surface area contributed by atoms with Gasteiger partial charge in [-0.05, 0) is 50.9 Å². The third-order valence-electron chi connectivity index (χ3n) is 3.66. The maximum Gasteiger partial charge on any atom is -0.00822 e. The predicted molar refractivity (Wildman–Crippen MR) is 74.0 cm³/mol. The third kappa shape index (κ3) is 1.24. The van der Waals surface area contributed by atoms with Gasteiger partial charge in [-0.25, -0.2) is 0 Å². The Bertz CT molecular complexity index is 802. The second-order valence-electron chi connectivity index (χ2n) is 4.66. The lowest BCUT2D eigenvalue weighted by atomic mass is 9.95. The van der Waals surface area contributed by atoms with Crippen LogP contribution in [0.5, 0.6) is 0 Å². The molecule has 2 aliphatic rings. The summed E-state index contributed by atoms with van der Waals surface area (Å²) in [6.07, 6.45) is 14.1. The summed E-state index contributed by atoms with van der Waals surface area (Å²) in [7, 11) is 0. The van der Waals surface area contributed by atoms with E-state index in [4.69, 9.17) is 0 Å². The average Bonchev–Trinajstić information content (AvgIpc) is 2.83. The minimum absolute atomic E-state index is 1.05. The molecule has 0 N–H and O–H groups in total. The first-order valence-corrected chi connectivity index (χ1v) is 6.03. The van der Waals surface area contributed by atoms with E-state index in [1.165, 1.54) is 32.3 Å². The Labute approximate surface area is 99.9 Å². The maximum atomic E-state index is 2.33. The van der Waals surface area contributed by atoms with E-state index in [9.17, 15) is 0 Å². The summed E-state index contributed by atoms with van der Waals surface area (Å²) in [4.78, 5) is 0. The average molecular weight is 216 g/mol. The fourth-order valence-corrected chi connectivity index (χ4v) is 2.77. The van der Waals surface area contributed by atoms with E-state index in [2.05, 4.69) is 60.7 Å². The van der Waals surface area contributed by atoms with Crippen LogP contribution in [-0.2, 0) is 6.42 Å². The molecule has 2 aromatic carbocycles. The molecule has 0 aliphatic heterocycles. The topological polar surface area (TPSA) is 0 Å². The molecule has 2 aromatic rings. The zero-order valence-electron chi connectivity index (χ0n) is 9.48. The molecular weight excluding hydrogens is 204 g/mol. The first kappa shape index (κ1) is 9.00. The van der Waals surface area contributed by atoms with E-state index in [1.807, 2.05) is 0 Å². The van der Waals surface area contributed by atoms with Gasteiger partial charge in [0.15, 0.2) is 0 Å². The van der Waals surface area contributed by atoms with Gasteiger partial charge in [0.2, 0.25) is 0 Å². The summed E-state index contributed by atoms with van der Waals surface area (Å²) in [6.45, 7) is 0. The molecule has 80 valence electrons. The second kappa shape index (κ2) is 3.21. The van der Waals surface area contributed by atoms with E-state index in [-0.39, 0.29) is 0 Å². The van der Waals surface area contributed by atoms with Crippen molar-refractivity contribution in [2.24, 2.45) is 0 Å². The van der Waals surface area contributed by atoms with Crippen LogP contribution in [-0.4, -0.2) is 0 Å². The van der Waals surface area contributed by atoms with Gasteiger partial charge in [0, 0.05) is 0 Å². The largest absolute Gasteiger partial charge is 0.0801 e. The molecule has 0 nitrogen and oxygen atoms in total. The molecule has 0 atom stereocenters. The van der Waals surface area contributed by atoms with Gasteiger partial charge in [-0.2, -0.15) is 0 Å². The highest BCUT2D eigenvalue weighted by Crippen LogP contribution is 2.19. The lowest BCUT2D eigenvalue weighted by molar-refractivity contribution is 1.25. The van der Waals surface area contributed by atoms with E-state index < -0.39 is 0 Å². The van der Waals surface area contributed by atoms with Crippen molar-refractivity contribution in [2.75, 3.05) is 0 Å². The lowest BCUT2D eigenvalue weighted by Gasteiger charge is -2.09. The SMILES string of the molecule is C1=CCc2c(ccc3cc4c(cc23)C=CC=4)=C1. The van der Waals surface area contributed by atoms with Crippen LogP contribution >= 0.6 is 0 Å². The van der Waals surface area contributed by atoms with Crippen molar-refractivity contribution in [1.82, 2.24) is 0 Å². The van der Waals surface area contributed by atoms with Crippen molar-refractivity contribution in [3.63, 3.8) is 0 Å². The van der Waals surface area contributed by atoms with E-state index >= 15 is 0 Å². The molecule has 0 spiro atoms. The summed E-state index contributed by atoms with van der Waals surface area (Å²) in [5, 5.41) is 5.46. The fraction of sp³-hybridized carbons (Fsp3) is 0.0588. The monoisotopic (exact) mass is 216 g/mol. The lowest BCUT2D eigenvalue weighted by Crippen LogP contribution is -2.12. The number of hydrogen-bond acceptors (Lipinski definition) is 0. The molecule has 4 rings (SSSR count). The van der Waals surface area contributed by atoms with Gasteiger partial charge >= 0.3 is 0 Å². The number of benzene rings is 2. The summed E-state index contributed by atoms with van der Waals surface area (Å²) >= 11 is 0. The fourth-order valence-electron chi connectivity index (χ4n) is 2.77.